The quantitative estimate of drug-likeness (QED) is 0.622. The summed E-state index contributed by atoms with van der Waals surface area (Å²) < 4.78 is 0.713. The van der Waals surface area contributed by atoms with Gasteiger partial charge >= 0.3 is 5.97 Å². The lowest BCUT2D eigenvalue weighted by Gasteiger charge is -2.25. The molecule has 1 aliphatic heterocycles. The van der Waals surface area contributed by atoms with E-state index in [4.69, 9.17) is 16.7 Å². The van der Waals surface area contributed by atoms with E-state index in [0.29, 0.717) is 34.6 Å². The lowest BCUT2D eigenvalue weighted by atomic mass is 10.1. The van der Waals surface area contributed by atoms with Crippen molar-refractivity contribution >= 4 is 52.3 Å². The molecule has 0 spiro atoms. The Labute approximate surface area is 170 Å². The van der Waals surface area contributed by atoms with Gasteiger partial charge in [-0.25, -0.2) is 9.78 Å². The van der Waals surface area contributed by atoms with Gasteiger partial charge in [-0.3, -0.25) is 4.79 Å². The molecule has 2 heterocycles. The zero-order valence-electron chi connectivity index (χ0n) is 14.8. The molecule has 3 rings (SSSR count). The predicted octanol–water partition coefficient (Wildman–Crippen LogP) is 4.00. The Morgan fingerprint density at radius 2 is 2.33 bits per heavy atom. The second-order valence-electron chi connectivity index (χ2n) is 6.27. The molecule has 144 valence electrons. The van der Waals surface area contributed by atoms with Gasteiger partial charge in [0.05, 0.1) is 0 Å². The van der Waals surface area contributed by atoms with Gasteiger partial charge in [0, 0.05) is 47.4 Å². The number of nitrogens with one attached hydrogen (secondary N) is 1. The summed E-state index contributed by atoms with van der Waals surface area (Å²) in [6.45, 7) is 3.32. The van der Waals surface area contributed by atoms with Crippen molar-refractivity contribution in [2.75, 3.05) is 24.2 Å². The number of halogens is 1. The Morgan fingerprint density at radius 3 is 3.04 bits per heavy atom. The second-order valence-corrected chi connectivity index (χ2v) is 8.91. The van der Waals surface area contributed by atoms with Crippen molar-refractivity contribution in [1.29, 1.82) is 0 Å². The first kappa shape index (κ1) is 20.0. The number of nitrogens with zero attached hydrogens (tertiary/aromatic N) is 2. The summed E-state index contributed by atoms with van der Waals surface area (Å²) in [5.41, 5.74) is 2.17. The third-order valence-electron chi connectivity index (χ3n) is 4.43. The SMILES string of the molecule is Cc1cc(Cl)ccc1NC[C@H]1CCC(=O)N1CCSc1nc(C(=O)O)cs1. The van der Waals surface area contributed by atoms with E-state index in [0.717, 1.165) is 17.7 Å². The minimum Gasteiger partial charge on any atom is -0.476 e. The molecular weight excluding hydrogens is 406 g/mol. The van der Waals surface area contributed by atoms with Crippen LogP contribution in [0.4, 0.5) is 5.69 Å². The molecule has 1 fully saturated rings. The number of benzene rings is 1. The number of likely N-dealkylation sites (tertiary alicyclic amines) is 1. The third-order valence-corrected chi connectivity index (χ3v) is 6.67. The summed E-state index contributed by atoms with van der Waals surface area (Å²) in [6.07, 6.45) is 1.40. The fraction of sp³-hybridized carbons (Fsp3) is 0.389. The summed E-state index contributed by atoms with van der Waals surface area (Å²) in [5, 5.41) is 14.6. The number of aromatic nitrogens is 1. The summed E-state index contributed by atoms with van der Waals surface area (Å²) in [6, 6.07) is 5.87. The van der Waals surface area contributed by atoms with Gasteiger partial charge in [-0.2, -0.15) is 0 Å². The normalized spacial score (nSPS) is 16.7. The number of thioether (sulfide) groups is 1. The van der Waals surface area contributed by atoms with Crippen molar-refractivity contribution in [2.24, 2.45) is 0 Å². The number of carbonyl (C=O) groups is 2. The number of thiazole rings is 1. The van der Waals surface area contributed by atoms with E-state index in [1.165, 1.54) is 28.5 Å². The van der Waals surface area contributed by atoms with E-state index in [2.05, 4.69) is 10.3 Å². The van der Waals surface area contributed by atoms with Crippen molar-refractivity contribution in [3.63, 3.8) is 0 Å². The van der Waals surface area contributed by atoms with Crippen molar-refractivity contribution in [1.82, 2.24) is 9.88 Å². The molecule has 1 aromatic heterocycles. The summed E-state index contributed by atoms with van der Waals surface area (Å²) in [4.78, 5) is 29.1. The molecule has 1 atom stereocenters. The number of hydrogen-bond donors (Lipinski definition) is 2. The van der Waals surface area contributed by atoms with Crippen LogP contribution in [0.2, 0.25) is 5.02 Å². The number of aromatic carboxylic acids is 1. The molecule has 2 aromatic rings. The summed E-state index contributed by atoms with van der Waals surface area (Å²) in [7, 11) is 0. The number of anilines is 1. The molecule has 0 saturated carbocycles. The highest BCUT2D eigenvalue weighted by atomic mass is 35.5. The summed E-state index contributed by atoms with van der Waals surface area (Å²) >= 11 is 8.79. The van der Waals surface area contributed by atoms with Gasteiger partial charge < -0.3 is 15.3 Å². The number of amides is 1. The molecule has 27 heavy (non-hydrogen) atoms. The Bertz CT molecular complexity index is 843. The molecule has 6 nitrogen and oxygen atoms in total. The van der Waals surface area contributed by atoms with E-state index >= 15 is 0 Å². The van der Waals surface area contributed by atoms with Crippen LogP contribution in [-0.4, -0.2) is 51.8 Å². The first-order valence-electron chi connectivity index (χ1n) is 8.55. The van der Waals surface area contributed by atoms with Crippen LogP contribution < -0.4 is 5.32 Å². The molecule has 1 aliphatic rings. The van der Waals surface area contributed by atoms with Crippen LogP contribution in [0, 0.1) is 6.92 Å². The number of carboxylic acid groups (broad SMARTS) is 1. The maximum atomic E-state index is 12.2. The molecule has 1 saturated heterocycles. The molecule has 9 heteroatoms. The minimum absolute atomic E-state index is 0.0696. The number of rotatable bonds is 8. The molecule has 0 aliphatic carbocycles. The number of carbonyl (C=O) groups excluding carboxylic acids is 1. The Morgan fingerprint density at radius 1 is 1.52 bits per heavy atom. The van der Waals surface area contributed by atoms with Crippen LogP contribution in [0.15, 0.2) is 27.9 Å². The highest BCUT2D eigenvalue weighted by Gasteiger charge is 2.30. The maximum absolute atomic E-state index is 12.2. The zero-order valence-corrected chi connectivity index (χ0v) is 17.2. The number of carboxylic acids is 1. The number of hydrogen-bond acceptors (Lipinski definition) is 6. The Kier molecular flexibility index (Phi) is 6.62. The first-order chi connectivity index (χ1) is 12.9. The van der Waals surface area contributed by atoms with E-state index in [9.17, 15) is 9.59 Å². The molecule has 0 radical (unpaired) electrons. The van der Waals surface area contributed by atoms with Crippen molar-refractivity contribution in [3.8, 4) is 0 Å². The summed E-state index contributed by atoms with van der Waals surface area (Å²) in [5.74, 6) is -0.161. The third kappa shape index (κ3) is 5.15. The minimum atomic E-state index is -1.02. The van der Waals surface area contributed by atoms with E-state index in [1.54, 1.807) is 0 Å². The van der Waals surface area contributed by atoms with Gasteiger partial charge in [-0.05, 0) is 37.1 Å². The molecule has 0 bridgehead atoms. The standard InChI is InChI=1S/C18H20ClN3O3S2/c1-11-8-12(19)2-4-14(11)20-9-13-3-5-16(23)22(13)6-7-26-18-21-15(10-27-18)17(24)25/h2,4,8,10,13,20H,3,5-7,9H2,1H3,(H,24,25)/t13-/m1/s1. The lowest BCUT2D eigenvalue weighted by Crippen LogP contribution is -2.39. The predicted molar refractivity (Wildman–Crippen MR) is 109 cm³/mol. The van der Waals surface area contributed by atoms with Gasteiger partial charge in [0.25, 0.3) is 0 Å². The average molecular weight is 426 g/mol. The molecule has 1 aromatic carbocycles. The van der Waals surface area contributed by atoms with Crippen LogP contribution in [0.5, 0.6) is 0 Å². The van der Waals surface area contributed by atoms with Crippen LogP contribution in [0.25, 0.3) is 0 Å². The van der Waals surface area contributed by atoms with E-state index < -0.39 is 5.97 Å². The maximum Gasteiger partial charge on any atom is 0.355 e. The highest BCUT2D eigenvalue weighted by Crippen LogP contribution is 2.26. The fourth-order valence-electron chi connectivity index (χ4n) is 3.02. The smallest absolute Gasteiger partial charge is 0.355 e. The lowest BCUT2D eigenvalue weighted by molar-refractivity contribution is -0.128. The van der Waals surface area contributed by atoms with Crippen LogP contribution in [0.3, 0.4) is 0 Å². The molecule has 2 N–H and O–H groups in total. The first-order valence-corrected chi connectivity index (χ1v) is 10.8. The monoisotopic (exact) mass is 425 g/mol. The van der Waals surface area contributed by atoms with Gasteiger partial charge in [0.2, 0.25) is 5.91 Å². The van der Waals surface area contributed by atoms with Crippen molar-refractivity contribution in [3.05, 3.63) is 39.9 Å². The van der Waals surface area contributed by atoms with E-state index in [-0.39, 0.29) is 17.6 Å². The zero-order chi connectivity index (χ0) is 19.4. The van der Waals surface area contributed by atoms with Crippen molar-refractivity contribution < 1.29 is 14.7 Å². The topological polar surface area (TPSA) is 82.5 Å². The van der Waals surface area contributed by atoms with E-state index in [1.807, 2.05) is 30.0 Å². The second kappa shape index (κ2) is 8.95. The molecular formula is C18H20ClN3O3S2. The van der Waals surface area contributed by atoms with Crippen LogP contribution in [0.1, 0.15) is 28.9 Å². The molecule has 0 unspecified atom stereocenters. The van der Waals surface area contributed by atoms with Gasteiger partial charge in [0.15, 0.2) is 10.0 Å². The van der Waals surface area contributed by atoms with Gasteiger partial charge in [-0.15, -0.1) is 11.3 Å². The fourth-order valence-corrected chi connectivity index (χ4v) is 5.05. The van der Waals surface area contributed by atoms with Crippen LogP contribution >= 0.6 is 34.7 Å². The Balaban J connectivity index is 1.52. The largest absolute Gasteiger partial charge is 0.476 e. The highest BCUT2D eigenvalue weighted by molar-refractivity contribution is 8.01. The van der Waals surface area contributed by atoms with Gasteiger partial charge in [0.1, 0.15) is 0 Å². The van der Waals surface area contributed by atoms with Crippen molar-refractivity contribution in [2.45, 2.75) is 30.1 Å². The molecule has 1 amide bonds. The number of aryl methyl sites for hydroxylation is 1. The van der Waals surface area contributed by atoms with Gasteiger partial charge in [-0.1, -0.05) is 23.4 Å². The van der Waals surface area contributed by atoms with Crippen LogP contribution in [-0.2, 0) is 4.79 Å². The average Bonchev–Trinajstić information content (AvgIpc) is 3.22. The Hall–Kier alpha value is -1.77.